The van der Waals surface area contributed by atoms with Gasteiger partial charge < -0.3 is 10.1 Å². The molecule has 1 fully saturated rings. The summed E-state index contributed by atoms with van der Waals surface area (Å²) in [5, 5.41) is 3.27. The predicted molar refractivity (Wildman–Crippen MR) is 48.2 cm³/mol. The topological polar surface area (TPSA) is 47.0 Å². The summed E-state index contributed by atoms with van der Waals surface area (Å²) in [6.07, 6.45) is 6.24. The van der Waals surface area contributed by atoms with Gasteiger partial charge in [0, 0.05) is 18.9 Å². The molecule has 13 heavy (non-hydrogen) atoms. The van der Waals surface area contributed by atoms with Gasteiger partial charge in [-0.05, 0) is 13.0 Å². The van der Waals surface area contributed by atoms with Crippen LogP contribution >= 0.6 is 0 Å². The lowest BCUT2D eigenvalue weighted by molar-refractivity contribution is 0.0611. The van der Waals surface area contributed by atoms with Crippen LogP contribution in [-0.4, -0.2) is 29.7 Å². The molecular weight excluding hydrogens is 166 g/mol. The lowest BCUT2D eigenvalue weighted by atomic mass is 10.2. The molecule has 1 atom stereocenters. The largest absolute Gasteiger partial charge is 0.370 e. The minimum atomic E-state index is 0.115. The summed E-state index contributed by atoms with van der Waals surface area (Å²) in [5.41, 5.74) is 0.936. The molecule has 1 aromatic heterocycles. The standard InChI is InChI=1S/C9H13N3O/c1-2-10-5-6-13-9(1)8-7-11-3-4-12-8/h3-4,7,9-10H,1-2,5-6H2/t9-/m1/s1. The quantitative estimate of drug-likeness (QED) is 0.683. The van der Waals surface area contributed by atoms with Crippen molar-refractivity contribution >= 4 is 0 Å². The van der Waals surface area contributed by atoms with Crippen LogP contribution in [0.4, 0.5) is 0 Å². The number of hydrogen-bond acceptors (Lipinski definition) is 4. The van der Waals surface area contributed by atoms with Crippen LogP contribution in [0.5, 0.6) is 0 Å². The van der Waals surface area contributed by atoms with Crippen LogP contribution in [0, 0.1) is 0 Å². The molecule has 1 N–H and O–H groups in total. The number of nitrogens with one attached hydrogen (secondary N) is 1. The van der Waals surface area contributed by atoms with E-state index in [1.807, 2.05) is 0 Å². The van der Waals surface area contributed by atoms with Crippen LogP contribution in [0.15, 0.2) is 18.6 Å². The predicted octanol–water partition coefficient (Wildman–Crippen LogP) is 0.528. The molecule has 0 radical (unpaired) electrons. The molecule has 4 heteroatoms. The maximum absolute atomic E-state index is 5.62. The number of aromatic nitrogens is 2. The summed E-state index contributed by atoms with van der Waals surface area (Å²) in [6, 6.07) is 0. The third kappa shape index (κ3) is 2.23. The van der Waals surface area contributed by atoms with Gasteiger partial charge in [-0.15, -0.1) is 0 Å². The maximum atomic E-state index is 5.62. The van der Waals surface area contributed by atoms with Crippen molar-refractivity contribution in [2.45, 2.75) is 12.5 Å². The van der Waals surface area contributed by atoms with Crippen LogP contribution in [0.1, 0.15) is 18.2 Å². The van der Waals surface area contributed by atoms with Gasteiger partial charge in [-0.3, -0.25) is 9.97 Å². The fourth-order valence-corrected chi connectivity index (χ4v) is 1.42. The molecule has 1 aliphatic heterocycles. The van der Waals surface area contributed by atoms with Gasteiger partial charge in [0.2, 0.25) is 0 Å². The fraction of sp³-hybridized carbons (Fsp3) is 0.556. The number of nitrogens with zero attached hydrogens (tertiary/aromatic N) is 2. The minimum absolute atomic E-state index is 0.115. The first kappa shape index (κ1) is 8.59. The number of ether oxygens (including phenoxy) is 1. The molecule has 0 bridgehead atoms. The molecule has 2 heterocycles. The molecule has 2 rings (SSSR count). The zero-order chi connectivity index (χ0) is 8.93. The molecular formula is C9H13N3O. The summed E-state index contributed by atoms with van der Waals surface area (Å²) in [4.78, 5) is 8.26. The highest BCUT2D eigenvalue weighted by molar-refractivity contribution is 5.00. The molecule has 1 aromatic rings. The summed E-state index contributed by atoms with van der Waals surface area (Å²) in [6.45, 7) is 2.67. The molecule has 70 valence electrons. The number of rotatable bonds is 1. The fourth-order valence-electron chi connectivity index (χ4n) is 1.42. The van der Waals surface area contributed by atoms with Gasteiger partial charge in [0.15, 0.2) is 0 Å². The molecule has 0 unspecified atom stereocenters. The third-order valence-electron chi connectivity index (χ3n) is 2.09. The van der Waals surface area contributed by atoms with Gasteiger partial charge in [0.05, 0.1) is 18.5 Å². The van der Waals surface area contributed by atoms with Crippen LogP contribution in [0.2, 0.25) is 0 Å². The Morgan fingerprint density at radius 2 is 2.38 bits per heavy atom. The zero-order valence-corrected chi connectivity index (χ0v) is 7.44. The Morgan fingerprint density at radius 3 is 3.23 bits per heavy atom. The van der Waals surface area contributed by atoms with Gasteiger partial charge >= 0.3 is 0 Å². The van der Waals surface area contributed by atoms with E-state index < -0.39 is 0 Å². The lowest BCUT2D eigenvalue weighted by Gasteiger charge is -2.12. The highest BCUT2D eigenvalue weighted by Gasteiger charge is 2.15. The van der Waals surface area contributed by atoms with Gasteiger partial charge in [-0.25, -0.2) is 0 Å². The van der Waals surface area contributed by atoms with Crippen LogP contribution < -0.4 is 5.32 Å². The monoisotopic (exact) mass is 179 g/mol. The lowest BCUT2D eigenvalue weighted by Crippen LogP contribution is -2.16. The molecule has 0 aromatic carbocycles. The van der Waals surface area contributed by atoms with Crippen molar-refractivity contribution in [3.05, 3.63) is 24.3 Å². The number of hydrogen-bond donors (Lipinski definition) is 1. The Bertz CT molecular complexity index is 244. The van der Waals surface area contributed by atoms with E-state index in [4.69, 9.17) is 4.74 Å². The summed E-state index contributed by atoms with van der Waals surface area (Å²) in [7, 11) is 0. The van der Waals surface area contributed by atoms with Crippen molar-refractivity contribution in [2.75, 3.05) is 19.7 Å². The highest BCUT2D eigenvalue weighted by Crippen LogP contribution is 2.18. The average molecular weight is 179 g/mol. The normalized spacial score (nSPS) is 23.8. The molecule has 4 nitrogen and oxygen atoms in total. The summed E-state index contributed by atoms with van der Waals surface area (Å²) in [5.74, 6) is 0. The second-order valence-electron chi connectivity index (χ2n) is 3.03. The van der Waals surface area contributed by atoms with Gasteiger partial charge in [-0.1, -0.05) is 0 Å². The van der Waals surface area contributed by atoms with Crippen molar-refractivity contribution in [3.8, 4) is 0 Å². The van der Waals surface area contributed by atoms with Crippen LogP contribution in [-0.2, 0) is 4.74 Å². The maximum Gasteiger partial charge on any atom is 0.102 e. The molecule has 0 amide bonds. The average Bonchev–Trinajstić information content (AvgIpc) is 2.47. The highest BCUT2D eigenvalue weighted by atomic mass is 16.5. The van der Waals surface area contributed by atoms with E-state index in [1.165, 1.54) is 0 Å². The molecule has 1 saturated heterocycles. The van der Waals surface area contributed by atoms with E-state index in [9.17, 15) is 0 Å². The van der Waals surface area contributed by atoms with Gasteiger partial charge in [0.1, 0.15) is 6.10 Å². The van der Waals surface area contributed by atoms with Crippen molar-refractivity contribution in [1.82, 2.24) is 15.3 Å². The molecule has 0 saturated carbocycles. The van der Waals surface area contributed by atoms with Crippen molar-refractivity contribution in [1.29, 1.82) is 0 Å². The Balaban J connectivity index is 2.06. The Morgan fingerprint density at radius 1 is 1.38 bits per heavy atom. The Hall–Kier alpha value is -1.00. The van der Waals surface area contributed by atoms with Gasteiger partial charge in [0.25, 0.3) is 0 Å². The van der Waals surface area contributed by atoms with E-state index in [0.717, 1.165) is 31.8 Å². The van der Waals surface area contributed by atoms with Crippen LogP contribution in [0.25, 0.3) is 0 Å². The van der Waals surface area contributed by atoms with Crippen molar-refractivity contribution in [2.24, 2.45) is 0 Å². The first-order chi connectivity index (χ1) is 6.47. The Kier molecular flexibility index (Phi) is 2.84. The van der Waals surface area contributed by atoms with Crippen molar-refractivity contribution < 1.29 is 4.74 Å². The minimum Gasteiger partial charge on any atom is -0.370 e. The van der Waals surface area contributed by atoms with E-state index in [-0.39, 0.29) is 6.10 Å². The van der Waals surface area contributed by atoms with Gasteiger partial charge in [-0.2, -0.15) is 0 Å². The second-order valence-corrected chi connectivity index (χ2v) is 3.03. The summed E-state index contributed by atoms with van der Waals surface area (Å²) >= 11 is 0. The second kappa shape index (κ2) is 4.30. The third-order valence-corrected chi connectivity index (χ3v) is 2.09. The SMILES string of the molecule is c1cnc([C@H]2CCNCCO2)cn1. The summed E-state index contributed by atoms with van der Waals surface area (Å²) < 4.78 is 5.62. The molecule has 0 aliphatic carbocycles. The first-order valence-electron chi connectivity index (χ1n) is 4.55. The zero-order valence-electron chi connectivity index (χ0n) is 7.44. The molecule has 1 aliphatic rings. The van der Waals surface area contributed by atoms with E-state index >= 15 is 0 Å². The smallest absolute Gasteiger partial charge is 0.102 e. The molecule has 0 spiro atoms. The Labute approximate surface area is 77.4 Å². The van der Waals surface area contributed by atoms with E-state index in [1.54, 1.807) is 18.6 Å². The van der Waals surface area contributed by atoms with Crippen molar-refractivity contribution in [3.63, 3.8) is 0 Å². The first-order valence-corrected chi connectivity index (χ1v) is 4.55. The van der Waals surface area contributed by atoms with Crippen LogP contribution in [0.3, 0.4) is 0 Å². The van der Waals surface area contributed by atoms with E-state index in [2.05, 4.69) is 15.3 Å². The van der Waals surface area contributed by atoms with E-state index in [0.29, 0.717) is 0 Å².